The predicted octanol–water partition coefficient (Wildman–Crippen LogP) is 4.14. The van der Waals surface area contributed by atoms with E-state index < -0.39 is 18.1 Å². The van der Waals surface area contributed by atoms with Gasteiger partial charge >= 0.3 is 12.4 Å². The van der Waals surface area contributed by atoms with E-state index in [0.717, 1.165) is 17.7 Å². The number of carbonyl (C=O) groups excluding carboxylic acids is 1. The van der Waals surface area contributed by atoms with Crippen LogP contribution in [0.3, 0.4) is 0 Å². The summed E-state index contributed by atoms with van der Waals surface area (Å²) in [5.74, 6) is -0.156. The molecule has 12 heteroatoms. The Kier molecular flexibility index (Phi) is 5.03. The van der Waals surface area contributed by atoms with Gasteiger partial charge in [0.15, 0.2) is 5.65 Å². The molecule has 2 heterocycles. The van der Waals surface area contributed by atoms with Crippen LogP contribution in [0.4, 0.5) is 35.2 Å². The van der Waals surface area contributed by atoms with Crippen LogP contribution in [-0.2, 0) is 0 Å². The summed E-state index contributed by atoms with van der Waals surface area (Å²) in [7, 11) is 0. The number of urea groups is 1. The number of H-pyrrole nitrogens is 1. The number of fused-ring (bicyclic) bond motifs is 1. The number of anilines is 3. The van der Waals surface area contributed by atoms with E-state index in [1.54, 1.807) is 24.3 Å². The number of aromatic amines is 1. The minimum Gasteiger partial charge on any atom is -0.406 e. The number of carbonyl (C=O) groups is 1. The number of nitrogens with two attached hydrogens (primary N) is 1. The normalized spacial score (nSPS) is 11.3. The molecule has 0 bridgehead atoms. The Hall–Kier alpha value is -4.35. The second-order valence-corrected chi connectivity index (χ2v) is 6.29. The van der Waals surface area contributed by atoms with Crippen molar-refractivity contribution in [3.63, 3.8) is 0 Å². The highest BCUT2D eigenvalue weighted by Gasteiger charge is 2.31. The molecule has 0 spiro atoms. The van der Waals surface area contributed by atoms with E-state index >= 15 is 0 Å². The summed E-state index contributed by atoms with van der Waals surface area (Å²) >= 11 is 0. The van der Waals surface area contributed by atoms with Crippen LogP contribution in [0, 0.1) is 0 Å². The summed E-state index contributed by atoms with van der Waals surface area (Å²) < 4.78 is 40.8. The van der Waals surface area contributed by atoms with Gasteiger partial charge in [-0.1, -0.05) is 18.2 Å². The third kappa shape index (κ3) is 4.63. The van der Waals surface area contributed by atoms with Crippen LogP contribution in [0.1, 0.15) is 0 Å². The summed E-state index contributed by atoms with van der Waals surface area (Å²) in [6.07, 6.45) is -3.50. The monoisotopic (exact) mass is 429 g/mol. The molecule has 0 aliphatic carbocycles. The molecule has 2 aromatic heterocycles. The van der Waals surface area contributed by atoms with Crippen molar-refractivity contribution in [1.29, 1.82) is 0 Å². The fourth-order valence-corrected chi connectivity index (χ4v) is 2.87. The molecule has 158 valence electrons. The molecule has 0 saturated carbocycles. The van der Waals surface area contributed by atoms with E-state index in [-0.39, 0.29) is 11.5 Å². The molecule has 9 nitrogen and oxygen atoms in total. The molecule has 0 aliphatic rings. The number of alkyl halides is 3. The molecule has 0 radical (unpaired) electrons. The minimum absolute atomic E-state index is 0.135. The summed E-state index contributed by atoms with van der Waals surface area (Å²) in [5.41, 5.74) is 8.30. The SMILES string of the molecule is Nc1ncnc2n[nH]c(-c3ccc(NC(=O)Nc4cccc(OC(F)(F)F)c4)cc3)c12. The van der Waals surface area contributed by atoms with Gasteiger partial charge in [0.05, 0.1) is 11.1 Å². The van der Waals surface area contributed by atoms with E-state index in [9.17, 15) is 18.0 Å². The van der Waals surface area contributed by atoms with Crippen LogP contribution in [0.25, 0.3) is 22.3 Å². The third-order valence-electron chi connectivity index (χ3n) is 4.14. The van der Waals surface area contributed by atoms with E-state index in [1.165, 1.54) is 18.5 Å². The summed E-state index contributed by atoms with van der Waals surface area (Å²) in [4.78, 5) is 20.2. The molecule has 4 aromatic rings. The highest BCUT2D eigenvalue weighted by molar-refractivity contribution is 6.01. The fraction of sp³-hybridized carbons (Fsp3) is 0.0526. The number of nitrogens with zero attached hydrogens (tertiary/aromatic N) is 3. The largest absolute Gasteiger partial charge is 0.573 e. The molecule has 5 N–H and O–H groups in total. The number of hydrogen-bond donors (Lipinski definition) is 4. The van der Waals surface area contributed by atoms with E-state index in [1.807, 2.05) is 0 Å². The Labute approximate surface area is 172 Å². The zero-order chi connectivity index (χ0) is 22.0. The highest BCUT2D eigenvalue weighted by atomic mass is 19.4. The first-order valence-electron chi connectivity index (χ1n) is 8.77. The van der Waals surface area contributed by atoms with E-state index in [4.69, 9.17) is 5.73 Å². The Morgan fingerprint density at radius 1 is 1.03 bits per heavy atom. The van der Waals surface area contributed by atoms with Gasteiger partial charge in [-0.25, -0.2) is 14.8 Å². The second-order valence-electron chi connectivity index (χ2n) is 6.29. The second kappa shape index (κ2) is 7.82. The molecule has 0 saturated heterocycles. The number of hydrogen-bond acceptors (Lipinski definition) is 6. The topological polar surface area (TPSA) is 131 Å². The molecular weight excluding hydrogens is 415 g/mol. The van der Waals surface area contributed by atoms with Crippen LogP contribution in [0.5, 0.6) is 5.75 Å². The number of ether oxygens (including phenoxy) is 1. The number of aromatic nitrogens is 4. The number of benzene rings is 2. The molecule has 0 aliphatic heterocycles. The lowest BCUT2D eigenvalue weighted by Gasteiger charge is -2.11. The van der Waals surface area contributed by atoms with Crippen LogP contribution in [0.15, 0.2) is 54.9 Å². The van der Waals surface area contributed by atoms with Crippen LogP contribution in [-0.4, -0.2) is 32.6 Å². The standard InChI is InChI=1S/C19H14F3N7O2/c20-19(21,22)31-13-3-1-2-12(8-13)27-18(30)26-11-6-4-10(5-7-11)15-14-16(23)24-9-25-17(14)29-28-15/h1-9H,(H2,26,27,30)(H3,23,24,25,28,29). The third-order valence-corrected chi connectivity index (χ3v) is 4.14. The number of nitrogens with one attached hydrogen (secondary N) is 3. The van der Waals surface area contributed by atoms with E-state index in [2.05, 4.69) is 35.5 Å². The first kappa shape index (κ1) is 19.9. The molecular formula is C19H14F3N7O2. The summed E-state index contributed by atoms with van der Waals surface area (Å²) in [5, 5.41) is 12.6. The van der Waals surface area contributed by atoms with Gasteiger partial charge in [0.25, 0.3) is 0 Å². The van der Waals surface area contributed by atoms with Crippen LogP contribution < -0.4 is 21.1 Å². The first-order chi connectivity index (χ1) is 14.8. The average molecular weight is 429 g/mol. The average Bonchev–Trinajstić information content (AvgIpc) is 3.13. The maximum atomic E-state index is 12.3. The van der Waals surface area contributed by atoms with Gasteiger partial charge in [0, 0.05) is 23.0 Å². The van der Waals surface area contributed by atoms with Crippen molar-refractivity contribution in [3.8, 4) is 17.0 Å². The zero-order valence-electron chi connectivity index (χ0n) is 15.6. The number of nitrogen functional groups attached to an aromatic ring is 1. The zero-order valence-corrected chi connectivity index (χ0v) is 15.6. The minimum atomic E-state index is -4.82. The van der Waals surface area contributed by atoms with Gasteiger partial charge in [0.2, 0.25) is 0 Å². The van der Waals surface area contributed by atoms with Crippen molar-refractivity contribution in [2.24, 2.45) is 0 Å². The summed E-state index contributed by atoms with van der Waals surface area (Å²) in [6.45, 7) is 0. The lowest BCUT2D eigenvalue weighted by Crippen LogP contribution is -2.20. The molecule has 2 amide bonds. The van der Waals surface area contributed by atoms with Gasteiger partial charge in [-0.15, -0.1) is 13.2 Å². The Morgan fingerprint density at radius 3 is 2.52 bits per heavy atom. The van der Waals surface area contributed by atoms with Crippen molar-refractivity contribution >= 4 is 34.3 Å². The van der Waals surface area contributed by atoms with Crippen molar-refractivity contribution in [2.75, 3.05) is 16.4 Å². The van der Waals surface area contributed by atoms with Crippen LogP contribution >= 0.6 is 0 Å². The van der Waals surface area contributed by atoms with Crippen LogP contribution in [0.2, 0.25) is 0 Å². The Morgan fingerprint density at radius 2 is 1.77 bits per heavy atom. The maximum Gasteiger partial charge on any atom is 0.573 e. The summed E-state index contributed by atoms with van der Waals surface area (Å²) in [6, 6.07) is 11.1. The number of halogens is 3. The van der Waals surface area contributed by atoms with Gasteiger partial charge in [0.1, 0.15) is 17.9 Å². The van der Waals surface area contributed by atoms with Crippen molar-refractivity contribution < 1.29 is 22.7 Å². The van der Waals surface area contributed by atoms with Gasteiger partial charge in [-0.05, 0) is 24.3 Å². The van der Waals surface area contributed by atoms with Crippen molar-refractivity contribution in [1.82, 2.24) is 20.2 Å². The smallest absolute Gasteiger partial charge is 0.406 e. The van der Waals surface area contributed by atoms with Gasteiger partial charge < -0.3 is 21.1 Å². The Bertz CT molecular complexity index is 1240. The molecule has 0 unspecified atom stereocenters. The first-order valence-corrected chi connectivity index (χ1v) is 8.77. The highest BCUT2D eigenvalue weighted by Crippen LogP contribution is 2.29. The molecule has 4 rings (SSSR count). The molecule has 31 heavy (non-hydrogen) atoms. The predicted molar refractivity (Wildman–Crippen MR) is 107 cm³/mol. The van der Waals surface area contributed by atoms with Gasteiger partial charge in [-0.3, -0.25) is 5.10 Å². The molecule has 2 aromatic carbocycles. The molecule has 0 fully saturated rings. The van der Waals surface area contributed by atoms with Crippen molar-refractivity contribution in [3.05, 3.63) is 54.9 Å². The quantitative estimate of drug-likeness (QED) is 0.386. The lowest BCUT2D eigenvalue weighted by atomic mass is 10.1. The fourth-order valence-electron chi connectivity index (χ4n) is 2.87. The van der Waals surface area contributed by atoms with Gasteiger partial charge in [-0.2, -0.15) is 5.10 Å². The number of rotatable bonds is 4. The maximum absolute atomic E-state index is 12.3. The van der Waals surface area contributed by atoms with E-state index in [0.29, 0.717) is 22.4 Å². The lowest BCUT2D eigenvalue weighted by molar-refractivity contribution is -0.274. The Balaban J connectivity index is 1.45. The van der Waals surface area contributed by atoms with Crippen molar-refractivity contribution in [2.45, 2.75) is 6.36 Å². The molecule has 0 atom stereocenters. The number of amides is 2.